The Morgan fingerprint density at radius 2 is 1.35 bits per heavy atom. The molecule has 1 aliphatic heterocycles. The van der Waals surface area contributed by atoms with E-state index in [1.54, 1.807) is 0 Å². The molecule has 1 aliphatic rings. The third-order valence-electron chi connectivity index (χ3n) is 4.04. The Bertz CT molecular complexity index is 735. The van der Waals surface area contributed by atoms with Crippen molar-refractivity contribution >= 4 is 35.8 Å². The van der Waals surface area contributed by atoms with Crippen LogP contribution in [0.4, 0.5) is 0 Å². The lowest BCUT2D eigenvalue weighted by Gasteiger charge is -2.46. The van der Waals surface area contributed by atoms with Crippen LogP contribution in [-0.2, 0) is 52.5 Å². The summed E-state index contributed by atoms with van der Waals surface area (Å²) in [7, 11) is 0. The standard InChI is InChI=1S/C18H25NO12/c1-7(20)19-14(17(25)26)13-16(29-10(4)23)15(28-9(3)22)12(6-27-8(2)21)31-18(13)30-11(5)24/h12-16,18H,6H2,1-5H3,(H,19,20)(H,25,26)/t12-,13-,14+,15+,16-,18-/m1/s1. The molecule has 0 spiro atoms. The van der Waals surface area contributed by atoms with Crippen molar-refractivity contribution in [2.75, 3.05) is 6.61 Å². The van der Waals surface area contributed by atoms with Gasteiger partial charge in [0, 0.05) is 34.6 Å². The molecule has 13 nitrogen and oxygen atoms in total. The van der Waals surface area contributed by atoms with Gasteiger partial charge in [-0.05, 0) is 0 Å². The molecule has 1 amide bonds. The normalized spacial score (nSPS) is 26.0. The van der Waals surface area contributed by atoms with Crippen LogP contribution < -0.4 is 5.32 Å². The Kier molecular flexibility index (Phi) is 9.37. The van der Waals surface area contributed by atoms with Crippen molar-refractivity contribution in [2.24, 2.45) is 5.92 Å². The zero-order valence-electron chi connectivity index (χ0n) is 17.6. The molecule has 0 aromatic carbocycles. The number of hydrogen-bond donors (Lipinski definition) is 2. The number of carbonyl (C=O) groups excluding carboxylic acids is 5. The summed E-state index contributed by atoms with van der Waals surface area (Å²) < 4.78 is 26.0. The van der Waals surface area contributed by atoms with Gasteiger partial charge in [-0.25, -0.2) is 4.79 Å². The highest BCUT2D eigenvalue weighted by atomic mass is 16.7. The molecule has 174 valence electrons. The zero-order chi connectivity index (χ0) is 23.9. The van der Waals surface area contributed by atoms with Crippen LogP contribution in [0.15, 0.2) is 0 Å². The fourth-order valence-corrected chi connectivity index (χ4v) is 3.09. The number of amides is 1. The van der Waals surface area contributed by atoms with Gasteiger partial charge in [0.25, 0.3) is 0 Å². The highest BCUT2D eigenvalue weighted by Gasteiger charge is 2.56. The maximum atomic E-state index is 11.9. The van der Waals surface area contributed by atoms with Gasteiger partial charge in [0.15, 0.2) is 12.2 Å². The number of hydrogen-bond acceptors (Lipinski definition) is 11. The monoisotopic (exact) mass is 447 g/mol. The molecule has 1 saturated heterocycles. The third kappa shape index (κ3) is 7.85. The molecule has 2 N–H and O–H groups in total. The molecule has 0 aromatic heterocycles. The Morgan fingerprint density at radius 1 is 0.839 bits per heavy atom. The fraction of sp³-hybridized carbons (Fsp3) is 0.667. The van der Waals surface area contributed by atoms with Crippen molar-refractivity contribution in [3.63, 3.8) is 0 Å². The molecule has 0 unspecified atom stereocenters. The van der Waals surface area contributed by atoms with Crippen LogP contribution in [0.5, 0.6) is 0 Å². The van der Waals surface area contributed by atoms with Crippen LogP contribution in [0, 0.1) is 5.92 Å². The minimum absolute atomic E-state index is 0.493. The van der Waals surface area contributed by atoms with Crippen molar-refractivity contribution in [1.82, 2.24) is 5.32 Å². The number of carboxylic acid groups (broad SMARTS) is 1. The predicted octanol–water partition coefficient (Wildman–Crippen LogP) is -1.09. The number of esters is 4. The largest absolute Gasteiger partial charge is 0.480 e. The summed E-state index contributed by atoms with van der Waals surface area (Å²) in [6, 6.07) is -1.76. The van der Waals surface area contributed by atoms with Gasteiger partial charge in [-0.3, -0.25) is 24.0 Å². The van der Waals surface area contributed by atoms with Crippen molar-refractivity contribution in [3.8, 4) is 0 Å². The summed E-state index contributed by atoms with van der Waals surface area (Å²) in [4.78, 5) is 69.8. The highest BCUT2D eigenvalue weighted by molar-refractivity contribution is 5.82. The van der Waals surface area contributed by atoms with Gasteiger partial charge in [-0.1, -0.05) is 0 Å². The van der Waals surface area contributed by atoms with Gasteiger partial charge in [-0.15, -0.1) is 0 Å². The van der Waals surface area contributed by atoms with Crippen LogP contribution in [0.3, 0.4) is 0 Å². The number of carbonyl (C=O) groups is 6. The Morgan fingerprint density at radius 3 is 1.77 bits per heavy atom. The van der Waals surface area contributed by atoms with Gasteiger partial charge >= 0.3 is 29.8 Å². The first-order valence-electron chi connectivity index (χ1n) is 9.13. The van der Waals surface area contributed by atoms with Crippen molar-refractivity contribution in [3.05, 3.63) is 0 Å². The van der Waals surface area contributed by atoms with Crippen molar-refractivity contribution in [1.29, 1.82) is 0 Å². The summed E-state index contributed by atoms with van der Waals surface area (Å²) in [5, 5.41) is 11.8. The molecular formula is C18H25NO12. The summed E-state index contributed by atoms with van der Waals surface area (Å²) in [5.74, 6) is -7.13. The minimum atomic E-state index is -1.76. The van der Waals surface area contributed by atoms with E-state index in [1.807, 2.05) is 0 Å². The average molecular weight is 447 g/mol. The average Bonchev–Trinajstić information content (AvgIpc) is 2.59. The molecule has 0 radical (unpaired) electrons. The Balaban J connectivity index is 3.55. The molecule has 31 heavy (non-hydrogen) atoms. The highest BCUT2D eigenvalue weighted by Crippen LogP contribution is 2.34. The van der Waals surface area contributed by atoms with Crippen LogP contribution >= 0.6 is 0 Å². The van der Waals surface area contributed by atoms with E-state index in [2.05, 4.69) is 5.32 Å². The van der Waals surface area contributed by atoms with Crippen LogP contribution in [0.2, 0.25) is 0 Å². The number of nitrogens with one attached hydrogen (secondary N) is 1. The van der Waals surface area contributed by atoms with Gasteiger partial charge in [0.2, 0.25) is 12.2 Å². The zero-order valence-corrected chi connectivity index (χ0v) is 17.6. The number of ether oxygens (including phenoxy) is 5. The Labute approximate surface area is 177 Å². The maximum Gasteiger partial charge on any atom is 0.326 e. The topological polar surface area (TPSA) is 181 Å². The van der Waals surface area contributed by atoms with Gasteiger partial charge in [0.1, 0.15) is 18.8 Å². The van der Waals surface area contributed by atoms with Crippen LogP contribution in [-0.4, -0.2) is 78.1 Å². The van der Waals surface area contributed by atoms with Crippen LogP contribution in [0.1, 0.15) is 34.6 Å². The molecule has 13 heteroatoms. The fourth-order valence-electron chi connectivity index (χ4n) is 3.09. The minimum Gasteiger partial charge on any atom is -0.480 e. The summed E-state index contributed by atoms with van der Waals surface area (Å²) in [6.45, 7) is 4.75. The number of carboxylic acids is 1. The quantitative estimate of drug-likeness (QED) is 0.339. The number of rotatable bonds is 8. The second kappa shape index (κ2) is 11.2. The van der Waals surface area contributed by atoms with E-state index >= 15 is 0 Å². The van der Waals surface area contributed by atoms with E-state index in [0.29, 0.717) is 0 Å². The molecule has 0 saturated carbocycles. The molecule has 0 aromatic rings. The number of aliphatic carboxylic acids is 1. The third-order valence-corrected chi connectivity index (χ3v) is 4.04. The molecule has 0 bridgehead atoms. The van der Waals surface area contributed by atoms with E-state index in [1.165, 1.54) is 0 Å². The molecule has 6 atom stereocenters. The summed E-state index contributed by atoms with van der Waals surface area (Å²) in [5.41, 5.74) is 0. The lowest BCUT2D eigenvalue weighted by atomic mass is 9.84. The van der Waals surface area contributed by atoms with Gasteiger partial charge < -0.3 is 34.1 Å². The molecule has 0 aliphatic carbocycles. The Hall–Kier alpha value is -3.22. The lowest BCUT2D eigenvalue weighted by molar-refractivity contribution is -0.287. The van der Waals surface area contributed by atoms with E-state index in [-0.39, 0.29) is 0 Å². The SMILES string of the molecule is CC(=O)N[C@H](C(=O)O)[C@H]1[C@H](OC(C)=O)O[C@H](COC(C)=O)[C@H](OC(C)=O)[C@@H]1OC(C)=O. The second-order valence-electron chi connectivity index (χ2n) is 6.70. The molecule has 1 fully saturated rings. The van der Waals surface area contributed by atoms with E-state index in [0.717, 1.165) is 34.6 Å². The smallest absolute Gasteiger partial charge is 0.326 e. The first kappa shape index (κ1) is 25.8. The molecule has 1 rings (SSSR count). The van der Waals surface area contributed by atoms with Gasteiger partial charge in [-0.2, -0.15) is 0 Å². The summed E-state index contributed by atoms with van der Waals surface area (Å²) in [6.07, 6.45) is -5.95. The van der Waals surface area contributed by atoms with E-state index in [9.17, 15) is 33.9 Å². The van der Waals surface area contributed by atoms with Crippen molar-refractivity contribution in [2.45, 2.75) is 65.3 Å². The molecule has 1 heterocycles. The first-order valence-corrected chi connectivity index (χ1v) is 9.13. The summed E-state index contributed by atoms with van der Waals surface area (Å²) >= 11 is 0. The lowest BCUT2D eigenvalue weighted by Crippen LogP contribution is -2.65. The molecular weight excluding hydrogens is 422 g/mol. The second-order valence-corrected chi connectivity index (χ2v) is 6.70. The maximum absolute atomic E-state index is 11.9. The van der Waals surface area contributed by atoms with Gasteiger partial charge in [0.05, 0.1) is 5.92 Å². The van der Waals surface area contributed by atoms with Crippen LogP contribution in [0.25, 0.3) is 0 Å². The van der Waals surface area contributed by atoms with E-state index < -0.39 is 78.9 Å². The predicted molar refractivity (Wildman–Crippen MR) is 96.9 cm³/mol. The van der Waals surface area contributed by atoms with E-state index in [4.69, 9.17) is 23.7 Å². The first-order chi connectivity index (χ1) is 14.3. The van der Waals surface area contributed by atoms with Crippen molar-refractivity contribution < 1.29 is 57.6 Å².